The first-order chi connectivity index (χ1) is 7.16. The molecule has 2 N–H and O–H groups in total. The van der Waals surface area contributed by atoms with E-state index in [0.717, 1.165) is 26.1 Å². The van der Waals surface area contributed by atoms with Crippen LogP contribution in [0.1, 0.15) is 23.9 Å². The molecular weight excluding hydrogens is 242 g/mol. The number of hydrogen-bond donors (Lipinski definition) is 1. The average molecular weight is 262 g/mol. The Kier molecular flexibility index (Phi) is 5.18. The Morgan fingerprint density at radius 3 is 2.94 bits per heavy atom. The molecule has 0 aliphatic carbocycles. The molecule has 16 heavy (non-hydrogen) atoms. The van der Waals surface area contributed by atoms with Gasteiger partial charge in [-0.1, -0.05) is 6.92 Å². The lowest BCUT2D eigenvalue weighted by Crippen LogP contribution is -2.45. The quantitative estimate of drug-likeness (QED) is 0.886. The van der Waals surface area contributed by atoms with Crippen LogP contribution in [0.3, 0.4) is 0 Å². The van der Waals surface area contributed by atoms with Crippen molar-refractivity contribution in [1.29, 1.82) is 0 Å². The normalized spacial score (nSPS) is 26.4. The first-order valence-corrected chi connectivity index (χ1v) is 6.41. The van der Waals surface area contributed by atoms with Crippen LogP contribution in [0.25, 0.3) is 0 Å². The van der Waals surface area contributed by atoms with E-state index in [4.69, 9.17) is 5.73 Å². The molecule has 2 atom stereocenters. The molecule has 2 heterocycles. The molecule has 1 aromatic heterocycles. The van der Waals surface area contributed by atoms with Crippen molar-refractivity contribution in [2.45, 2.75) is 32.9 Å². The number of rotatable bonds is 2. The molecule has 5 heteroatoms. The fraction of sp³-hybridized carbons (Fsp3) is 0.727. The number of thiazole rings is 1. The number of halogens is 1. The van der Waals surface area contributed by atoms with Gasteiger partial charge in [0.1, 0.15) is 0 Å². The standard InChI is InChI=1S/C11H19N3S.ClH/c1-8-5-14(4-3-10(8)12)6-11-9(2)13-7-15-11;/h7-8,10H,3-6,12H2,1-2H3;1H. The minimum absolute atomic E-state index is 0. The van der Waals surface area contributed by atoms with Gasteiger partial charge in [-0.2, -0.15) is 0 Å². The van der Waals surface area contributed by atoms with Crippen molar-refractivity contribution in [2.24, 2.45) is 11.7 Å². The number of nitrogens with two attached hydrogens (primary N) is 1. The second-order valence-electron chi connectivity index (χ2n) is 4.53. The smallest absolute Gasteiger partial charge is 0.0798 e. The summed E-state index contributed by atoms with van der Waals surface area (Å²) in [7, 11) is 0. The molecule has 2 rings (SSSR count). The van der Waals surface area contributed by atoms with Gasteiger partial charge in [-0.25, -0.2) is 4.98 Å². The van der Waals surface area contributed by atoms with E-state index in [1.165, 1.54) is 10.6 Å². The van der Waals surface area contributed by atoms with Gasteiger partial charge in [0, 0.05) is 30.6 Å². The maximum Gasteiger partial charge on any atom is 0.0798 e. The van der Waals surface area contributed by atoms with Crippen molar-refractivity contribution in [2.75, 3.05) is 13.1 Å². The van der Waals surface area contributed by atoms with E-state index in [-0.39, 0.29) is 12.4 Å². The van der Waals surface area contributed by atoms with E-state index in [0.29, 0.717) is 12.0 Å². The summed E-state index contributed by atoms with van der Waals surface area (Å²) in [5, 5.41) is 0. The highest BCUT2D eigenvalue weighted by Crippen LogP contribution is 2.20. The highest BCUT2D eigenvalue weighted by Gasteiger charge is 2.23. The van der Waals surface area contributed by atoms with Gasteiger partial charge in [0.2, 0.25) is 0 Å². The van der Waals surface area contributed by atoms with Gasteiger partial charge in [-0.3, -0.25) is 4.90 Å². The van der Waals surface area contributed by atoms with E-state index in [1.807, 2.05) is 5.51 Å². The summed E-state index contributed by atoms with van der Waals surface area (Å²) in [6.07, 6.45) is 1.12. The summed E-state index contributed by atoms with van der Waals surface area (Å²) in [6.45, 7) is 7.64. The number of aryl methyl sites for hydroxylation is 1. The molecule has 0 aromatic carbocycles. The lowest BCUT2D eigenvalue weighted by molar-refractivity contribution is 0.158. The monoisotopic (exact) mass is 261 g/mol. The Morgan fingerprint density at radius 2 is 2.38 bits per heavy atom. The van der Waals surface area contributed by atoms with E-state index >= 15 is 0 Å². The summed E-state index contributed by atoms with van der Waals surface area (Å²) in [4.78, 5) is 8.18. The molecular formula is C11H20ClN3S. The van der Waals surface area contributed by atoms with E-state index in [1.54, 1.807) is 11.3 Å². The molecule has 1 aliphatic rings. The van der Waals surface area contributed by atoms with Crippen LogP contribution in [0, 0.1) is 12.8 Å². The van der Waals surface area contributed by atoms with Crippen molar-refractivity contribution >= 4 is 23.7 Å². The Morgan fingerprint density at radius 1 is 1.62 bits per heavy atom. The van der Waals surface area contributed by atoms with Gasteiger partial charge in [0.15, 0.2) is 0 Å². The molecule has 3 nitrogen and oxygen atoms in total. The lowest BCUT2D eigenvalue weighted by Gasteiger charge is -2.34. The molecule has 0 spiro atoms. The highest BCUT2D eigenvalue weighted by atomic mass is 35.5. The second kappa shape index (κ2) is 5.96. The Balaban J connectivity index is 0.00000128. The van der Waals surface area contributed by atoms with Crippen molar-refractivity contribution in [3.05, 3.63) is 16.1 Å². The van der Waals surface area contributed by atoms with Crippen LogP contribution in [-0.4, -0.2) is 29.0 Å². The zero-order valence-corrected chi connectivity index (χ0v) is 11.5. The molecule has 1 aliphatic heterocycles. The van der Waals surface area contributed by atoms with Crippen LogP contribution in [0.15, 0.2) is 5.51 Å². The minimum Gasteiger partial charge on any atom is -0.327 e. The van der Waals surface area contributed by atoms with Crippen molar-refractivity contribution in [3.8, 4) is 0 Å². The largest absolute Gasteiger partial charge is 0.327 e. The van der Waals surface area contributed by atoms with Crippen LogP contribution in [0.2, 0.25) is 0 Å². The number of aromatic nitrogens is 1. The summed E-state index contributed by atoms with van der Waals surface area (Å²) >= 11 is 1.76. The van der Waals surface area contributed by atoms with Crippen LogP contribution in [0.4, 0.5) is 0 Å². The molecule has 92 valence electrons. The maximum atomic E-state index is 6.01. The predicted octanol–water partition coefficient (Wildman–Crippen LogP) is 2.04. The van der Waals surface area contributed by atoms with Crippen molar-refractivity contribution < 1.29 is 0 Å². The van der Waals surface area contributed by atoms with Gasteiger partial charge in [-0.05, 0) is 19.3 Å². The topological polar surface area (TPSA) is 42.2 Å². The highest BCUT2D eigenvalue weighted by molar-refractivity contribution is 7.09. The zero-order valence-electron chi connectivity index (χ0n) is 9.85. The Labute approximate surface area is 107 Å². The Hall–Kier alpha value is -0.160. The second-order valence-corrected chi connectivity index (χ2v) is 5.47. The van der Waals surface area contributed by atoms with Gasteiger partial charge in [0.25, 0.3) is 0 Å². The third kappa shape index (κ3) is 3.17. The lowest BCUT2D eigenvalue weighted by atomic mass is 9.95. The van der Waals surface area contributed by atoms with E-state index < -0.39 is 0 Å². The van der Waals surface area contributed by atoms with Gasteiger partial charge >= 0.3 is 0 Å². The minimum atomic E-state index is 0. The first-order valence-electron chi connectivity index (χ1n) is 5.53. The summed E-state index contributed by atoms with van der Waals surface area (Å²) < 4.78 is 0. The van der Waals surface area contributed by atoms with Crippen molar-refractivity contribution in [3.63, 3.8) is 0 Å². The number of piperidine rings is 1. The van der Waals surface area contributed by atoms with E-state index in [2.05, 4.69) is 23.7 Å². The molecule has 1 saturated heterocycles. The fourth-order valence-electron chi connectivity index (χ4n) is 2.07. The number of hydrogen-bond acceptors (Lipinski definition) is 4. The van der Waals surface area contributed by atoms with E-state index in [9.17, 15) is 0 Å². The molecule has 2 unspecified atom stereocenters. The van der Waals surface area contributed by atoms with Crippen LogP contribution in [-0.2, 0) is 6.54 Å². The SMILES string of the molecule is Cc1ncsc1CN1CCC(N)C(C)C1.Cl. The van der Waals surface area contributed by atoms with Gasteiger partial charge in [-0.15, -0.1) is 23.7 Å². The third-order valence-electron chi connectivity index (χ3n) is 3.27. The molecule has 1 aromatic rings. The number of nitrogens with zero attached hydrogens (tertiary/aromatic N) is 2. The molecule has 0 saturated carbocycles. The van der Waals surface area contributed by atoms with Gasteiger partial charge in [0.05, 0.1) is 11.2 Å². The average Bonchev–Trinajstić information content (AvgIpc) is 2.59. The maximum absolute atomic E-state index is 6.01. The molecule has 0 amide bonds. The molecule has 0 radical (unpaired) electrons. The molecule has 1 fully saturated rings. The third-order valence-corrected chi connectivity index (χ3v) is 4.19. The zero-order chi connectivity index (χ0) is 10.8. The number of likely N-dealkylation sites (tertiary alicyclic amines) is 1. The van der Waals surface area contributed by atoms with Gasteiger partial charge < -0.3 is 5.73 Å². The summed E-state index contributed by atoms with van der Waals surface area (Å²) in [6, 6.07) is 0.392. The molecule has 0 bridgehead atoms. The van der Waals surface area contributed by atoms with Crippen molar-refractivity contribution in [1.82, 2.24) is 9.88 Å². The Bertz CT molecular complexity index is 329. The first kappa shape index (κ1) is 13.9. The van der Waals surface area contributed by atoms with Crippen LogP contribution >= 0.6 is 23.7 Å². The summed E-state index contributed by atoms with van der Waals surface area (Å²) in [5.41, 5.74) is 9.12. The predicted molar refractivity (Wildman–Crippen MR) is 71.1 cm³/mol. The van der Waals surface area contributed by atoms with Crippen LogP contribution < -0.4 is 5.73 Å². The van der Waals surface area contributed by atoms with Crippen LogP contribution in [0.5, 0.6) is 0 Å². The fourth-order valence-corrected chi connectivity index (χ4v) is 2.89. The summed E-state index contributed by atoms with van der Waals surface area (Å²) in [5.74, 6) is 0.618.